The van der Waals surface area contributed by atoms with Gasteiger partial charge in [-0.15, -0.1) is 0 Å². The number of rotatable bonds is 4. The number of para-hydroxylation sites is 1. The first-order valence-electron chi connectivity index (χ1n) is 6.86. The lowest BCUT2D eigenvalue weighted by Gasteiger charge is -2.14. The second-order valence-corrected chi connectivity index (χ2v) is 4.66. The molecule has 0 heterocycles. The van der Waals surface area contributed by atoms with Crippen LogP contribution in [0.2, 0.25) is 0 Å². The Balaban J connectivity index is 2.29. The van der Waals surface area contributed by atoms with Crippen LogP contribution >= 0.6 is 0 Å². The van der Waals surface area contributed by atoms with Gasteiger partial charge in [0.05, 0.1) is 0 Å². The summed E-state index contributed by atoms with van der Waals surface area (Å²) in [6, 6.07) is 12.4. The topological polar surface area (TPSA) is 49.3 Å². The SMILES string of the molecule is CCc1cccc(CC)c1NC(=O)c1ccc(O)cc1. The fraction of sp³-hybridized carbons (Fsp3) is 0.235. The molecule has 2 aromatic carbocycles. The highest BCUT2D eigenvalue weighted by Gasteiger charge is 2.11. The van der Waals surface area contributed by atoms with Crippen LogP contribution < -0.4 is 5.32 Å². The van der Waals surface area contributed by atoms with Crippen molar-refractivity contribution in [1.82, 2.24) is 0 Å². The monoisotopic (exact) mass is 269 g/mol. The molecule has 0 bridgehead atoms. The van der Waals surface area contributed by atoms with E-state index in [4.69, 9.17) is 0 Å². The number of aromatic hydroxyl groups is 1. The summed E-state index contributed by atoms with van der Waals surface area (Å²) in [5, 5.41) is 12.3. The maximum atomic E-state index is 12.3. The number of benzene rings is 2. The molecular weight excluding hydrogens is 250 g/mol. The molecule has 0 radical (unpaired) electrons. The Morgan fingerprint density at radius 3 is 2.05 bits per heavy atom. The minimum atomic E-state index is -0.152. The molecule has 3 nitrogen and oxygen atoms in total. The third-order valence-electron chi connectivity index (χ3n) is 3.37. The molecule has 0 spiro atoms. The van der Waals surface area contributed by atoms with Gasteiger partial charge in [-0.2, -0.15) is 0 Å². The minimum absolute atomic E-state index is 0.152. The number of amides is 1. The van der Waals surface area contributed by atoms with Crippen molar-refractivity contribution in [3.05, 3.63) is 59.2 Å². The van der Waals surface area contributed by atoms with E-state index < -0.39 is 0 Å². The van der Waals surface area contributed by atoms with Gasteiger partial charge in [-0.3, -0.25) is 4.79 Å². The van der Waals surface area contributed by atoms with Gasteiger partial charge in [-0.1, -0.05) is 32.0 Å². The van der Waals surface area contributed by atoms with Gasteiger partial charge < -0.3 is 10.4 Å². The Kier molecular flexibility index (Phi) is 4.41. The van der Waals surface area contributed by atoms with Crippen LogP contribution in [0.25, 0.3) is 0 Å². The van der Waals surface area contributed by atoms with E-state index in [0.29, 0.717) is 5.56 Å². The largest absolute Gasteiger partial charge is 0.508 e. The third-order valence-corrected chi connectivity index (χ3v) is 3.37. The summed E-state index contributed by atoms with van der Waals surface area (Å²) in [5.74, 6) is 0.00496. The van der Waals surface area contributed by atoms with Crippen molar-refractivity contribution in [2.45, 2.75) is 26.7 Å². The van der Waals surface area contributed by atoms with Crippen LogP contribution in [0.1, 0.15) is 35.3 Å². The number of hydrogen-bond acceptors (Lipinski definition) is 2. The third kappa shape index (κ3) is 2.99. The zero-order valence-electron chi connectivity index (χ0n) is 11.8. The second-order valence-electron chi connectivity index (χ2n) is 4.66. The molecule has 2 rings (SSSR count). The van der Waals surface area contributed by atoms with E-state index in [9.17, 15) is 9.90 Å². The molecule has 104 valence electrons. The molecule has 0 aliphatic rings. The molecule has 3 heteroatoms. The molecule has 1 amide bonds. The molecule has 20 heavy (non-hydrogen) atoms. The van der Waals surface area contributed by atoms with Crippen LogP contribution in [0, 0.1) is 0 Å². The first-order valence-corrected chi connectivity index (χ1v) is 6.86. The van der Waals surface area contributed by atoms with Crippen LogP contribution in [0.5, 0.6) is 5.75 Å². The average molecular weight is 269 g/mol. The summed E-state index contributed by atoms with van der Waals surface area (Å²) in [5.41, 5.74) is 3.72. The Morgan fingerprint density at radius 1 is 1.00 bits per heavy atom. The Morgan fingerprint density at radius 2 is 1.55 bits per heavy atom. The number of hydrogen-bond donors (Lipinski definition) is 2. The zero-order chi connectivity index (χ0) is 14.5. The summed E-state index contributed by atoms with van der Waals surface area (Å²) in [4.78, 5) is 12.3. The van der Waals surface area contributed by atoms with Crippen LogP contribution in [0.4, 0.5) is 5.69 Å². The summed E-state index contributed by atoms with van der Waals surface area (Å²) in [6.07, 6.45) is 1.75. The van der Waals surface area contributed by atoms with Crippen molar-refractivity contribution in [1.29, 1.82) is 0 Å². The predicted molar refractivity (Wildman–Crippen MR) is 81.3 cm³/mol. The minimum Gasteiger partial charge on any atom is -0.508 e. The number of aryl methyl sites for hydroxylation is 2. The van der Waals surface area contributed by atoms with E-state index in [1.54, 1.807) is 12.1 Å². The van der Waals surface area contributed by atoms with Crippen molar-refractivity contribution in [3.63, 3.8) is 0 Å². The lowest BCUT2D eigenvalue weighted by Crippen LogP contribution is -2.14. The molecule has 0 atom stereocenters. The van der Waals surface area contributed by atoms with Crippen molar-refractivity contribution in [3.8, 4) is 5.75 Å². The lowest BCUT2D eigenvalue weighted by molar-refractivity contribution is 0.102. The second kappa shape index (κ2) is 6.24. The number of phenolic OH excluding ortho intramolecular Hbond substituents is 1. The first kappa shape index (κ1) is 14.1. The summed E-state index contributed by atoms with van der Waals surface area (Å²) < 4.78 is 0. The van der Waals surface area contributed by atoms with Crippen LogP contribution in [-0.4, -0.2) is 11.0 Å². The number of carbonyl (C=O) groups is 1. The normalized spacial score (nSPS) is 10.3. The zero-order valence-corrected chi connectivity index (χ0v) is 11.8. The highest BCUT2D eigenvalue weighted by Crippen LogP contribution is 2.23. The number of carbonyl (C=O) groups excluding carboxylic acids is 1. The Hall–Kier alpha value is -2.29. The average Bonchev–Trinajstić information content (AvgIpc) is 2.48. The van der Waals surface area contributed by atoms with Gasteiger partial charge in [0.1, 0.15) is 5.75 Å². The van der Waals surface area contributed by atoms with E-state index in [-0.39, 0.29) is 11.7 Å². The molecule has 0 aliphatic carbocycles. The molecule has 0 fully saturated rings. The first-order chi connectivity index (χ1) is 9.65. The van der Waals surface area contributed by atoms with E-state index in [1.165, 1.54) is 12.1 Å². The smallest absolute Gasteiger partial charge is 0.255 e. The Labute approximate surface area is 119 Å². The van der Waals surface area contributed by atoms with Crippen LogP contribution in [0.3, 0.4) is 0 Å². The molecule has 0 unspecified atom stereocenters. The molecule has 2 aromatic rings. The van der Waals surface area contributed by atoms with Crippen molar-refractivity contribution in [2.75, 3.05) is 5.32 Å². The fourth-order valence-electron chi connectivity index (χ4n) is 2.20. The maximum Gasteiger partial charge on any atom is 0.255 e. The van der Waals surface area contributed by atoms with Crippen molar-refractivity contribution >= 4 is 11.6 Å². The molecule has 0 saturated carbocycles. The number of phenols is 1. The molecule has 0 saturated heterocycles. The van der Waals surface area contributed by atoms with Gasteiger partial charge in [0, 0.05) is 11.3 Å². The summed E-state index contributed by atoms with van der Waals surface area (Å²) in [6.45, 7) is 4.15. The Bertz CT molecular complexity index is 581. The van der Waals surface area contributed by atoms with Crippen molar-refractivity contribution < 1.29 is 9.90 Å². The number of nitrogens with one attached hydrogen (secondary N) is 1. The van der Waals surface area contributed by atoms with E-state index in [0.717, 1.165) is 29.7 Å². The highest BCUT2D eigenvalue weighted by molar-refractivity contribution is 6.05. The molecule has 0 aliphatic heterocycles. The van der Waals surface area contributed by atoms with Gasteiger partial charge in [-0.25, -0.2) is 0 Å². The fourth-order valence-corrected chi connectivity index (χ4v) is 2.20. The quantitative estimate of drug-likeness (QED) is 0.887. The van der Waals surface area contributed by atoms with Gasteiger partial charge in [0.15, 0.2) is 0 Å². The van der Waals surface area contributed by atoms with E-state index in [2.05, 4.69) is 19.2 Å². The predicted octanol–water partition coefficient (Wildman–Crippen LogP) is 3.77. The molecule has 0 aromatic heterocycles. The highest BCUT2D eigenvalue weighted by atomic mass is 16.3. The van der Waals surface area contributed by atoms with Crippen molar-refractivity contribution in [2.24, 2.45) is 0 Å². The standard InChI is InChI=1S/C17H19NO2/c1-3-12-6-5-7-13(4-2)16(12)18-17(20)14-8-10-15(19)11-9-14/h5-11,19H,3-4H2,1-2H3,(H,18,20). The van der Waals surface area contributed by atoms with Gasteiger partial charge >= 0.3 is 0 Å². The van der Waals surface area contributed by atoms with Gasteiger partial charge in [0.2, 0.25) is 0 Å². The van der Waals surface area contributed by atoms with Crippen LogP contribution in [-0.2, 0) is 12.8 Å². The van der Waals surface area contributed by atoms with Gasteiger partial charge in [-0.05, 0) is 48.2 Å². The maximum absolute atomic E-state index is 12.3. The lowest BCUT2D eigenvalue weighted by atomic mass is 10.0. The van der Waals surface area contributed by atoms with E-state index >= 15 is 0 Å². The van der Waals surface area contributed by atoms with Crippen LogP contribution in [0.15, 0.2) is 42.5 Å². The van der Waals surface area contributed by atoms with Gasteiger partial charge in [0.25, 0.3) is 5.91 Å². The number of anilines is 1. The summed E-state index contributed by atoms with van der Waals surface area (Å²) in [7, 11) is 0. The molecule has 2 N–H and O–H groups in total. The summed E-state index contributed by atoms with van der Waals surface area (Å²) >= 11 is 0. The molecular formula is C17H19NO2. The van der Waals surface area contributed by atoms with E-state index in [1.807, 2.05) is 18.2 Å².